The summed E-state index contributed by atoms with van der Waals surface area (Å²) in [6.45, 7) is 0. The molecule has 2 saturated heterocycles. The van der Waals surface area contributed by atoms with Gasteiger partial charge >= 0.3 is 0 Å². The van der Waals surface area contributed by atoms with E-state index in [0.717, 1.165) is 25.7 Å². The Hall–Kier alpha value is -1.40. The molecule has 6 heteroatoms. The SMILES string of the molecule is COC1CC2CCC(C1)N2C(=O)CCS(=O)(=O)c1ccccc1. The molecule has 0 radical (unpaired) electrons. The molecule has 2 aliphatic rings. The number of hydrogen-bond donors (Lipinski definition) is 0. The maximum atomic E-state index is 12.6. The van der Waals surface area contributed by atoms with Crippen LogP contribution in [-0.4, -0.2) is 50.3 Å². The summed E-state index contributed by atoms with van der Waals surface area (Å²) < 4.78 is 30.0. The van der Waals surface area contributed by atoms with Gasteiger partial charge in [-0.3, -0.25) is 4.79 Å². The average molecular weight is 337 g/mol. The van der Waals surface area contributed by atoms with Gasteiger partial charge in [0.1, 0.15) is 0 Å². The highest BCUT2D eigenvalue weighted by Gasteiger charge is 2.43. The predicted molar refractivity (Wildman–Crippen MR) is 86.8 cm³/mol. The summed E-state index contributed by atoms with van der Waals surface area (Å²) in [7, 11) is -1.68. The van der Waals surface area contributed by atoms with Crippen molar-refractivity contribution in [3.63, 3.8) is 0 Å². The van der Waals surface area contributed by atoms with Crippen LogP contribution < -0.4 is 0 Å². The summed E-state index contributed by atoms with van der Waals surface area (Å²) in [6.07, 6.45) is 4.02. The minimum atomic E-state index is -3.40. The van der Waals surface area contributed by atoms with Gasteiger partial charge in [-0.15, -0.1) is 0 Å². The summed E-state index contributed by atoms with van der Waals surface area (Å²) in [5, 5.41) is 0. The largest absolute Gasteiger partial charge is 0.381 e. The minimum absolute atomic E-state index is 0.0356. The Bertz CT molecular complexity index is 644. The molecule has 1 amide bonds. The standard InChI is InChI=1S/C17H23NO4S/c1-22-15-11-13-7-8-14(12-15)18(13)17(19)9-10-23(20,21)16-5-3-2-4-6-16/h2-6,13-15H,7-12H2,1H3. The molecule has 0 aromatic heterocycles. The van der Waals surface area contributed by atoms with E-state index in [1.807, 2.05) is 4.90 Å². The Labute approximate surface area is 137 Å². The van der Waals surface area contributed by atoms with E-state index in [0.29, 0.717) is 0 Å². The third-order valence-electron chi connectivity index (χ3n) is 5.00. The smallest absolute Gasteiger partial charge is 0.224 e. The molecule has 0 saturated carbocycles. The van der Waals surface area contributed by atoms with Gasteiger partial charge in [-0.1, -0.05) is 18.2 Å². The second-order valence-electron chi connectivity index (χ2n) is 6.40. The number of hydrogen-bond acceptors (Lipinski definition) is 4. The summed E-state index contributed by atoms with van der Waals surface area (Å²) in [5.74, 6) is -0.161. The van der Waals surface area contributed by atoms with Crippen LogP contribution in [0.25, 0.3) is 0 Å². The van der Waals surface area contributed by atoms with Crippen molar-refractivity contribution in [2.24, 2.45) is 0 Å². The normalized spacial score (nSPS) is 27.2. The highest BCUT2D eigenvalue weighted by molar-refractivity contribution is 7.91. The first-order valence-corrected chi connectivity index (χ1v) is 9.78. The lowest BCUT2D eigenvalue weighted by atomic mass is 9.99. The third-order valence-corrected chi connectivity index (χ3v) is 6.73. The lowest BCUT2D eigenvalue weighted by molar-refractivity contribution is -0.137. The molecular weight excluding hydrogens is 314 g/mol. The summed E-state index contributed by atoms with van der Waals surface area (Å²) in [6, 6.07) is 8.76. The molecule has 2 fully saturated rings. The second kappa shape index (κ2) is 6.61. The van der Waals surface area contributed by atoms with Gasteiger partial charge in [0, 0.05) is 25.6 Å². The lowest BCUT2D eigenvalue weighted by Gasteiger charge is -2.38. The first kappa shape index (κ1) is 16.5. The van der Waals surface area contributed by atoms with Crippen molar-refractivity contribution in [2.75, 3.05) is 12.9 Å². The molecule has 2 heterocycles. The van der Waals surface area contributed by atoms with Gasteiger partial charge in [-0.05, 0) is 37.8 Å². The zero-order valence-corrected chi connectivity index (χ0v) is 14.2. The number of benzene rings is 1. The van der Waals surface area contributed by atoms with Crippen molar-refractivity contribution in [2.45, 2.75) is 55.2 Å². The monoisotopic (exact) mass is 337 g/mol. The van der Waals surface area contributed by atoms with Gasteiger partial charge in [-0.25, -0.2) is 8.42 Å². The first-order chi connectivity index (χ1) is 11.0. The van der Waals surface area contributed by atoms with Crippen molar-refractivity contribution in [1.82, 2.24) is 4.90 Å². The molecule has 5 nitrogen and oxygen atoms in total. The number of amides is 1. The molecule has 126 valence electrons. The fraction of sp³-hybridized carbons (Fsp3) is 0.588. The van der Waals surface area contributed by atoms with E-state index in [1.165, 1.54) is 0 Å². The van der Waals surface area contributed by atoms with Gasteiger partial charge in [0.2, 0.25) is 5.91 Å². The predicted octanol–water partition coefficient (Wildman–Crippen LogP) is 2.02. The van der Waals surface area contributed by atoms with Crippen LogP contribution in [0, 0.1) is 0 Å². The number of sulfone groups is 1. The Morgan fingerprint density at radius 1 is 1.17 bits per heavy atom. The van der Waals surface area contributed by atoms with Gasteiger partial charge in [0.05, 0.1) is 16.8 Å². The summed E-state index contributed by atoms with van der Waals surface area (Å²) >= 11 is 0. The molecule has 2 bridgehead atoms. The van der Waals surface area contributed by atoms with Gasteiger partial charge < -0.3 is 9.64 Å². The highest BCUT2D eigenvalue weighted by Crippen LogP contribution is 2.37. The first-order valence-electron chi connectivity index (χ1n) is 8.13. The summed E-state index contributed by atoms with van der Waals surface area (Å²) in [4.78, 5) is 14.8. The molecular formula is C17H23NO4S. The van der Waals surface area contributed by atoms with Crippen LogP contribution in [0.5, 0.6) is 0 Å². The summed E-state index contributed by atoms with van der Waals surface area (Å²) in [5.41, 5.74) is 0. The second-order valence-corrected chi connectivity index (χ2v) is 8.51. The van der Waals surface area contributed by atoms with Crippen molar-refractivity contribution in [3.8, 4) is 0 Å². The number of carbonyl (C=O) groups excluding carboxylic acids is 1. The fourth-order valence-electron chi connectivity index (χ4n) is 3.82. The van der Waals surface area contributed by atoms with E-state index in [4.69, 9.17) is 4.74 Å². The van der Waals surface area contributed by atoms with E-state index in [2.05, 4.69) is 0 Å². The quantitative estimate of drug-likeness (QED) is 0.824. The number of piperidine rings is 1. The molecule has 23 heavy (non-hydrogen) atoms. The van der Waals surface area contributed by atoms with Crippen LogP contribution in [-0.2, 0) is 19.4 Å². The fourth-order valence-corrected chi connectivity index (χ4v) is 5.07. The number of carbonyl (C=O) groups is 1. The third kappa shape index (κ3) is 3.43. The van der Waals surface area contributed by atoms with Crippen molar-refractivity contribution in [1.29, 1.82) is 0 Å². The molecule has 0 aliphatic carbocycles. The number of fused-ring (bicyclic) bond motifs is 2. The zero-order chi connectivity index (χ0) is 16.4. The van der Waals surface area contributed by atoms with Crippen LogP contribution in [0.15, 0.2) is 35.2 Å². The van der Waals surface area contributed by atoms with Crippen molar-refractivity contribution in [3.05, 3.63) is 30.3 Å². The van der Waals surface area contributed by atoms with Crippen LogP contribution in [0.3, 0.4) is 0 Å². The van der Waals surface area contributed by atoms with Gasteiger partial charge in [0.15, 0.2) is 9.84 Å². The number of methoxy groups -OCH3 is 1. The maximum absolute atomic E-state index is 12.6. The van der Waals surface area contributed by atoms with Crippen molar-refractivity contribution < 1.29 is 17.9 Å². The number of ether oxygens (including phenoxy) is 1. The Kier molecular flexibility index (Phi) is 4.73. The Morgan fingerprint density at radius 3 is 2.35 bits per heavy atom. The van der Waals surface area contributed by atoms with Crippen LogP contribution in [0.4, 0.5) is 0 Å². The van der Waals surface area contributed by atoms with Gasteiger partial charge in [-0.2, -0.15) is 0 Å². The molecule has 0 spiro atoms. The highest BCUT2D eigenvalue weighted by atomic mass is 32.2. The van der Waals surface area contributed by atoms with Crippen LogP contribution in [0.1, 0.15) is 32.1 Å². The Morgan fingerprint density at radius 2 is 1.78 bits per heavy atom. The zero-order valence-electron chi connectivity index (χ0n) is 13.3. The maximum Gasteiger partial charge on any atom is 0.224 e. The minimum Gasteiger partial charge on any atom is -0.381 e. The molecule has 2 aliphatic heterocycles. The number of nitrogens with zero attached hydrogens (tertiary/aromatic N) is 1. The molecule has 0 N–H and O–H groups in total. The van der Waals surface area contributed by atoms with E-state index in [-0.39, 0.29) is 41.2 Å². The molecule has 3 rings (SSSR count). The van der Waals surface area contributed by atoms with Crippen molar-refractivity contribution >= 4 is 15.7 Å². The van der Waals surface area contributed by atoms with Crippen LogP contribution >= 0.6 is 0 Å². The Balaban J connectivity index is 1.62. The average Bonchev–Trinajstić information content (AvgIpc) is 2.83. The molecule has 1 aromatic carbocycles. The van der Waals surface area contributed by atoms with E-state index < -0.39 is 9.84 Å². The van der Waals surface area contributed by atoms with E-state index >= 15 is 0 Å². The molecule has 2 unspecified atom stereocenters. The lowest BCUT2D eigenvalue weighted by Crippen LogP contribution is -2.48. The van der Waals surface area contributed by atoms with E-state index in [1.54, 1.807) is 37.4 Å². The van der Waals surface area contributed by atoms with E-state index in [9.17, 15) is 13.2 Å². The van der Waals surface area contributed by atoms with Crippen LogP contribution in [0.2, 0.25) is 0 Å². The van der Waals surface area contributed by atoms with Gasteiger partial charge in [0.25, 0.3) is 0 Å². The molecule has 1 aromatic rings. The number of rotatable bonds is 5. The molecule has 2 atom stereocenters. The topological polar surface area (TPSA) is 63.7 Å².